The number of nitriles is 1. The molecule has 0 heterocycles. The van der Waals surface area contributed by atoms with Crippen LogP contribution in [0.5, 0.6) is 0 Å². The monoisotopic (exact) mass is 336 g/mol. The fraction of sp³-hybridized carbons (Fsp3) is 0.471. The third-order valence-corrected chi connectivity index (χ3v) is 2.48. The van der Waals surface area contributed by atoms with Crippen LogP contribution in [0.25, 0.3) is 0 Å². The lowest BCUT2D eigenvalue weighted by Crippen LogP contribution is -2.43. The molecule has 1 rings (SSSR count). The highest BCUT2D eigenvalue weighted by atomic mass is 19.1. The maximum Gasteiger partial charge on any atom is 0.424 e. The van der Waals surface area contributed by atoms with Crippen molar-refractivity contribution >= 4 is 17.9 Å². The molecule has 0 saturated carbocycles. The quantitative estimate of drug-likeness (QED) is 0.760. The molecule has 0 spiro atoms. The number of nitrogens with zero attached hydrogens (tertiary/aromatic N) is 2. The molecule has 7 heteroatoms. The van der Waals surface area contributed by atoms with Gasteiger partial charge in [-0.15, -0.1) is 0 Å². The van der Waals surface area contributed by atoms with Crippen LogP contribution >= 0.6 is 0 Å². The van der Waals surface area contributed by atoms with Gasteiger partial charge < -0.3 is 9.47 Å². The van der Waals surface area contributed by atoms with E-state index in [2.05, 4.69) is 0 Å². The third kappa shape index (κ3) is 5.54. The van der Waals surface area contributed by atoms with E-state index in [1.165, 1.54) is 12.1 Å². The highest BCUT2D eigenvalue weighted by Crippen LogP contribution is 2.23. The Morgan fingerprint density at radius 1 is 1.04 bits per heavy atom. The predicted octanol–water partition coefficient (Wildman–Crippen LogP) is 4.37. The summed E-state index contributed by atoms with van der Waals surface area (Å²) in [5, 5.41) is 8.79. The Kier molecular flexibility index (Phi) is 5.56. The Morgan fingerprint density at radius 2 is 1.50 bits per heavy atom. The van der Waals surface area contributed by atoms with E-state index in [9.17, 15) is 14.0 Å². The van der Waals surface area contributed by atoms with Crippen LogP contribution in [0.2, 0.25) is 0 Å². The predicted molar refractivity (Wildman–Crippen MR) is 86.1 cm³/mol. The Labute approximate surface area is 140 Å². The molecule has 1 aromatic rings. The van der Waals surface area contributed by atoms with Crippen LogP contribution in [0.15, 0.2) is 18.2 Å². The molecule has 0 N–H and O–H groups in total. The van der Waals surface area contributed by atoms with Crippen LogP contribution < -0.4 is 4.90 Å². The van der Waals surface area contributed by atoms with Gasteiger partial charge in [-0.25, -0.2) is 14.0 Å². The Morgan fingerprint density at radius 3 is 1.83 bits per heavy atom. The van der Waals surface area contributed by atoms with Crippen molar-refractivity contribution in [1.29, 1.82) is 5.26 Å². The topological polar surface area (TPSA) is 79.6 Å². The van der Waals surface area contributed by atoms with Gasteiger partial charge in [0.1, 0.15) is 23.1 Å². The van der Waals surface area contributed by atoms with E-state index in [4.69, 9.17) is 14.7 Å². The van der Waals surface area contributed by atoms with Gasteiger partial charge in [-0.3, -0.25) is 0 Å². The largest absolute Gasteiger partial charge is 0.443 e. The van der Waals surface area contributed by atoms with Crippen molar-refractivity contribution in [2.24, 2.45) is 0 Å². The first kappa shape index (κ1) is 19.4. The first-order chi connectivity index (χ1) is 10.8. The number of amides is 2. The maximum atomic E-state index is 13.9. The molecule has 0 unspecified atom stereocenters. The van der Waals surface area contributed by atoms with E-state index in [1.54, 1.807) is 47.6 Å². The molecule has 0 bridgehead atoms. The lowest BCUT2D eigenvalue weighted by molar-refractivity contribution is 0.0430. The van der Waals surface area contributed by atoms with Crippen LogP contribution in [0.4, 0.5) is 19.7 Å². The minimum Gasteiger partial charge on any atom is -0.443 e. The van der Waals surface area contributed by atoms with Gasteiger partial charge in [0.25, 0.3) is 0 Å². The number of halogens is 1. The van der Waals surface area contributed by atoms with E-state index in [0.717, 1.165) is 6.07 Å². The summed E-state index contributed by atoms with van der Waals surface area (Å²) >= 11 is 0. The van der Waals surface area contributed by atoms with E-state index in [1.807, 2.05) is 0 Å². The molecule has 0 aliphatic heterocycles. The van der Waals surface area contributed by atoms with Crippen molar-refractivity contribution in [3.63, 3.8) is 0 Å². The van der Waals surface area contributed by atoms with Gasteiger partial charge in [0.05, 0.1) is 11.3 Å². The molecule has 0 radical (unpaired) electrons. The molecule has 0 saturated heterocycles. The van der Waals surface area contributed by atoms with Gasteiger partial charge in [0, 0.05) is 0 Å². The fourth-order valence-corrected chi connectivity index (χ4v) is 1.63. The number of ether oxygens (including phenoxy) is 2. The van der Waals surface area contributed by atoms with Crippen LogP contribution in [0, 0.1) is 17.1 Å². The lowest BCUT2D eigenvalue weighted by Gasteiger charge is -2.28. The van der Waals surface area contributed by atoms with E-state index >= 15 is 0 Å². The first-order valence-corrected chi connectivity index (χ1v) is 7.30. The van der Waals surface area contributed by atoms with Crippen molar-refractivity contribution < 1.29 is 23.5 Å². The number of imide groups is 1. The molecular formula is C17H21FN2O4. The zero-order chi connectivity index (χ0) is 18.7. The standard InChI is InChI=1S/C17H21FN2O4/c1-16(2,3)23-14(21)20(15(22)24-17(4,5)6)12-8-7-11(10-19)13(18)9-12/h7-9H,1-6H3. The summed E-state index contributed by atoms with van der Waals surface area (Å²) in [5.74, 6) is -0.855. The van der Waals surface area contributed by atoms with E-state index in [-0.39, 0.29) is 11.3 Å². The van der Waals surface area contributed by atoms with Crippen molar-refractivity contribution in [3.8, 4) is 6.07 Å². The van der Waals surface area contributed by atoms with Gasteiger partial charge in [0.15, 0.2) is 0 Å². The normalized spacial score (nSPS) is 11.4. The van der Waals surface area contributed by atoms with E-state index in [0.29, 0.717) is 4.90 Å². The van der Waals surface area contributed by atoms with Crippen LogP contribution in [0.3, 0.4) is 0 Å². The van der Waals surface area contributed by atoms with E-state index < -0.39 is 29.2 Å². The molecule has 0 aliphatic rings. The summed E-state index contributed by atoms with van der Waals surface area (Å²) in [6, 6.07) is 5.03. The summed E-state index contributed by atoms with van der Waals surface area (Å²) in [7, 11) is 0. The minimum atomic E-state index is -0.999. The molecule has 0 fully saturated rings. The second-order valence-electron chi connectivity index (χ2n) is 7.07. The van der Waals surface area contributed by atoms with Gasteiger partial charge in [-0.2, -0.15) is 10.2 Å². The molecule has 1 aromatic carbocycles. The Hall–Kier alpha value is -2.62. The van der Waals surface area contributed by atoms with Gasteiger partial charge in [-0.1, -0.05) is 0 Å². The second-order valence-corrected chi connectivity index (χ2v) is 7.07. The molecular weight excluding hydrogens is 315 g/mol. The second kappa shape index (κ2) is 6.87. The van der Waals surface area contributed by atoms with Gasteiger partial charge in [-0.05, 0) is 59.7 Å². The number of rotatable bonds is 1. The summed E-state index contributed by atoms with van der Waals surface area (Å²) in [4.78, 5) is 25.3. The Balaban J connectivity index is 3.28. The number of carbonyl (C=O) groups is 2. The number of carbonyl (C=O) groups excluding carboxylic acids is 2. The summed E-state index contributed by atoms with van der Waals surface area (Å²) in [6.07, 6.45) is -2.00. The van der Waals surface area contributed by atoms with Gasteiger partial charge in [0.2, 0.25) is 0 Å². The molecule has 24 heavy (non-hydrogen) atoms. The molecule has 0 aliphatic carbocycles. The van der Waals surface area contributed by atoms with Crippen LogP contribution in [0.1, 0.15) is 47.1 Å². The van der Waals surface area contributed by atoms with Crippen LogP contribution in [-0.2, 0) is 9.47 Å². The minimum absolute atomic E-state index is 0.0880. The zero-order valence-corrected chi connectivity index (χ0v) is 14.6. The Bertz CT molecular complexity index is 653. The number of benzene rings is 1. The molecule has 0 aromatic heterocycles. The molecule has 2 amide bonds. The van der Waals surface area contributed by atoms with Crippen molar-refractivity contribution in [3.05, 3.63) is 29.6 Å². The highest BCUT2D eigenvalue weighted by molar-refractivity contribution is 6.09. The van der Waals surface area contributed by atoms with Crippen molar-refractivity contribution in [2.45, 2.75) is 52.7 Å². The zero-order valence-electron chi connectivity index (χ0n) is 14.6. The number of hydrogen-bond acceptors (Lipinski definition) is 5. The average molecular weight is 336 g/mol. The lowest BCUT2D eigenvalue weighted by atomic mass is 10.2. The average Bonchev–Trinajstić information content (AvgIpc) is 2.34. The number of hydrogen-bond donors (Lipinski definition) is 0. The third-order valence-electron chi connectivity index (χ3n) is 2.48. The van der Waals surface area contributed by atoms with Crippen LogP contribution in [-0.4, -0.2) is 23.4 Å². The molecule has 130 valence electrons. The SMILES string of the molecule is CC(C)(C)OC(=O)N(C(=O)OC(C)(C)C)c1ccc(C#N)c(F)c1. The van der Waals surface area contributed by atoms with Gasteiger partial charge >= 0.3 is 12.2 Å². The smallest absolute Gasteiger partial charge is 0.424 e. The van der Waals surface area contributed by atoms with Crippen molar-refractivity contribution in [2.75, 3.05) is 4.90 Å². The summed E-state index contributed by atoms with van der Waals surface area (Å²) in [6.45, 7) is 9.82. The summed E-state index contributed by atoms with van der Waals surface area (Å²) in [5.41, 5.74) is -2.01. The maximum absolute atomic E-state index is 13.9. The number of anilines is 1. The summed E-state index contributed by atoms with van der Waals surface area (Å²) < 4.78 is 24.2. The fourth-order valence-electron chi connectivity index (χ4n) is 1.63. The highest BCUT2D eigenvalue weighted by Gasteiger charge is 2.33. The first-order valence-electron chi connectivity index (χ1n) is 7.30. The molecule has 0 atom stereocenters. The van der Waals surface area contributed by atoms with Crippen molar-refractivity contribution in [1.82, 2.24) is 0 Å². The molecule has 6 nitrogen and oxygen atoms in total.